The molecule has 3 N–H and O–H groups in total. The van der Waals surface area contributed by atoms with Crippen LogP contribution in [0.4, 0.5) is 11.4 Å². The molecule has 0 amide bonds. The summed E-state index contributed by atoms with van der Waals surface area (Å²) in [6, 6.07) is 26.6. The quantitative estimate of drug-likeness (QED) is 0.191. The summed E-state index contributed by atoms with van der Waals surface area (Å²) in [4.78, 5) is 4.50. The van der Waals surface area contributed by atoms with Gasteiger partial charge in [-0.15, -0.1) is 0 Å². The van der Waals surface area contributed by atoms with E-state index in [4.69, 9.17) is 25.9 Å². The molecule has 0 bridgehead atoms. The fraction of sp³-hybridized carbons (Fsp3) is 0.103. The topological polar surface area (TPSA) is 103 Å². The summed E-state index contributed by atoms with van der Waals surface area (Å²) < 4.78 is 11.8. The maximum Gasteiger partial charge on any atom is 0.146 e. The van der Waals surface area contributed by atoms with Crippen LogP contribution in [-0.4, -0.2) is 23.2 Å². The summed E-state index contributed by atoms with van der Waals surface area (Å²) in [5.74, 6) is 2.71. The Bertz CT molecular complexity index is 1580. The fourth-order valence-electron chi connectivity index (χ4n) is 3.91. The van der Waals surface area contributed by atoms with Crippen LogP contribution in [0.1, 0.15) is 11.3 Å². The Balaban J connectivity index is 1.41. The molecule has 2 heterocycles. The highest BCUT2D eigenvalue weighted by Gasteiger charge is 2.13. The first-order valence-electron chi connectivity index (χ1n) is 11.7. The van der Waals surface area contributed by atoms with Crippen LogP contribution in [0, 0.1) is 11.3 Å². The lowest BCUT2D eigenvalue weighted by Crippen LogP contribution is -2.16. The summed E-state index contributed by atoms with van der Waals surface area (Å²) in [5, 5.41) is 26.3. The van der Waals surface area contributed by atoms with Crippen LogP contribution in [0.3, 0.4) is 0 Å². The number of aliphatic hydroxyl groups excluding tert-OH is 1. The van der Waals surface area contributed by atoms with Crippen molar-refractivity contribution in [1.29, 1.82) is 5.26 Å². The number of benzene rings is 3. The van der Waals surface area contributed by atoms with Gasteiger partial charge in [0.25, 0.3) is 0 Å². The lowest BCUT2D eigenvalue weighted by atomic mass is 10.1. The van der Waals surface area contributed by atoms with Crippen LogP contribution in [0.2, 0.25) is 5.02 Å². The Kier molecular flexibility index (Phi) is 7.33. The average molecular weight is 511 g/mol. The zero-order valence-electron chi connectivity index (χ0n) is 19.7. The van der Waals surface area contributed by atoms with Crippen LogP contribution < -0.4 is 15.4 Å². The van der Waals surface area contributed by atoms with Gasteiger partial charge in [-0.25, -0.2) is 0 Å². The van der Waals surface area contributed by atoms with Gasteiger partial charge in [0.1, 0.15) is 29.1 Å². The average Bonchev–Trinajstić information content (AvgIpc) is 3.40. The number of nitrogens with zero attached hydrogens (tertiary/aromatic N) is 2. The smallest absolute Gasteiger partial charge is 0.146 e. The van der Waals surface area contributed by atoms with Gasteiger partial charge in [-0.1, -0.05) is 35.9 Å². The summed E-state index contributed by atoms with van der Waals surface area (Å²) in [6.45, 7) is 1.10. The Labute approximate surface area is 218 Å². The number of nitrogens with one attached hydrogen (secondary N) is 2. The maximum atomic E-state index is 9.73. The molecule has 3 aromatic carbocycles. The molecule has 5 aromatic rings. The first kappa shape index (κ1) is 24.3. The van der Waals surface area contributed by atoms with Gasteiger partial charge >= 0.3 is 0 Å². The number of para-hydroxylation sites is 1. The highest BCUT2D eigenvalue weighted by molar-refractivity contribution is 6.32. The van der Waals surface area contributed by atoms with Gasteiger partial charge in [-0.05, 0) is 54.6 Å². The predicted octanol–water partition coefficient (Wildman–Crippen LogP) is 6.64. The third kappa shape index (κ3) is 5.57. The molecule has 0 aliphatic carbocycles. The van der Waals surface area contributed by atoms with Gasteiger partial charge in [-0.3, -0.25) is 4.98 Å². The number of anilines is 2. The summed E-state index contributed by atoms with van der Waals surface area (Å²) in [6.07, 6.45) is 1.55. The van der Waals surface area contributed by atoms with Crippen LogP contribution in [0.25, 0.3) is 22.2 Å². The van der Waals surface area contributed by atoms with Crippen molar-refractivity contribution >= 4 is 33.9 Å². The van der Waals surface area contributed by atoms with Crippen molar-refractivity contribution in [3.63, 3.8) is 0 Å². The molecule has 37 heavy (non-hydrogen) atoms. The lowest BCUT2D eigenvalue weighted by Gasteiger charge is -2.14. The normalized spacial score (nSPS) is 10.8. The Hall–Kier alpha value is -4.35. The Morgan fingerprint density at radius 1 is 1.03 bits per heavy atom. The maximum absolute atomic E-state index is 9.73. The van der Waals surface area contributed by atoms with Gasteiger partial charge in [-0.2, -0.15) is 5.26 Å². The van der Waals surface area contributed by atoms with E-state index in [2.05, 4.69) is 21.7 Å². The third-order valence-electron chi connectivity index (χ3n) is 5.70. The van der Waals surface area contributed by atoms with Crippen molar-refractivity contribution < 1.29 is 14.3 Å². The van der Waals surface area contributed by atoms with E-state index in [9.17, 15) is 5.26 Å². The van der Waals surface area contributed by atoms with E-state index >= 15 is 0 Å². The monoisotopic (exact) mass is 510 g/mol. The number of nitriles is 1. The van der Waals surface area contributed by atoms with Crippen LogP contribution in [0.5, 0.6) is 11.5 Å². The second kappa shape index (κ2) is 11.1. The second-order valence-corrected chi connectivity index (χ2v) is 8.65. The van der Waals surface area contributed by atoms with Crippen molar-refractivity contribution in [3.8, 4) is 28.9 Å². The Morgan fingerprint density at radius 2 is 1.89 bits per heavy atom. The SMILES string of the molecule is N#Cc1cnc2cc(-c3ccc(CNCCO)o3)ccc2c1Nc1ccc(Oc2ccccc2)c(Cl)c1. The number of furan rings is 1. The largest absolute Gasteiger partial charge is 0.460 e. The molecule has 0 atom stereocenters. The molecular formula is C29H23ClN4O3. The number of aliphatic hydroxyl groups is 1. The summed E-state index contributed by atoms with van der Waals surface area (Å²) in [7, 11) is 0. The van der Waals surface area contributed by atoms with Crippen molar-refractivity contribution in [3.05, 3.63) is 101 Å². The number of ether oxygens (including phenoxy) is 1. The lowest BCUT2D eigenvalue weighted by molar-refractivity contribution is 0.290. The number of hydrogen-bond acceptors (Lipinski definition) is 7. The highest BCUT2D eigenvalue weighted by atomic mass is 35.5. The van der Waals surface area contributed by atoms with E-state index in [1.807, 2.05) is 66.7 Å². The molecule has 5 rings (SSSR count). The number of pyridine rings is 1. The number of rotatable bonds is 9. The Morgan fingerprint density at radius 3 is 2.68 bits per heavy atom. The molecule has 0 fully saturated rings. The van der Waals surface area contributed by atoms with Gasteiger partial charge in [0, 0.05) is 29.4 Å². The molecule has 0 radical (unpaired) electrons. The molecule has 0 aliphatic heterocycles. The third-order valence-corrected chi connectivity index (χ3v) is 5.99. The second-order valence-electron chi connectivity index (χ2n) is 8.24. The minimum absolute atomic E-state index is 0.0722. The van der Waals surface area contributed by atoms with E-state index < -0.39 is 0 Å². The molecule has 0 saturated carbocycles. The minimum atomic E-state index is 0.0722. The molecule has 184 valence electrons. The summed E-state index contributed by atoms with van der Waals surface area (Å²) >= 11 is 6.50. The van der Waals surface area contributed by atoms with Crippen LogP contribution in [0.15, 0.2) is 89.5 Å². The molecule has 8 heteroatoms. The first-order valence-corrected chi connectivity index (χ1v) is 12.1. The molecule has 0 aliphatic rings. The molecular weight excluding hydrogens is 488 g/mol. The highest BCUT2D eigenvalue weighted by Crippen LogP contribution is 2.36. The van der Waals surface area contributed by atoms with Gasteiger partial charge in [0.2, 0.25) is 0 Å². The fourth-order valence-corrected chi connectivity index (χ4v) is 4.13. The minimum Gasteiger partial charge on any atom is -0.460 e. The van der Waals surface area contributed by atoms with Gasteiger partial charge in [0.05, 0.1) is 34.9 Å². The molecule has 2 aromatic heterocycles. The molecule has 7 nitrogen and oxygen atoms in total. The molecule has 0 saturated heterocycles. The number of aromatic nitrogens is 1. The zero-order chi connectivity index (χ0) is 25.6. The number of halogens is 1. The van der Waals surface area contributed by atoms with Crippen molar-refractivity contribution in [1.82, 2.24) is 10.3 Å². The number of fused-ring (bicyclic) bond motifs is 1. The first-order chi connectivity index (χ1) is 18.1. The molecule has 0 unspecified atom stereocenters. The van der Waals surface area contributed by atoms with Gasteiger partial charge < -0.3 is 24.9 Å². The van der Waals surface area contributed by atoms with Gasteiger partial charge in [0.15, 0.2) is 0 Å². The standard InChI is InChI=1S/C29H23ClN4O3/c30-25-15-21(7-10-28(25)36-22-4-2-1-3-5-22)34-29-20(16-31)17-33-26-14-19(6-9-24(26)29)27-11-8-23(37-27)18-32-12-13-35/h1-11,14-15,17,32,35H,12-13,18H2,(H,33,34). The zero-order valence-corrected chi connectivity index (χ0v) is 20.5. The van der Waals surface area contributed by atoms with Crippen LogP contribution in [-0.2, 0) is 6.54 Å². The van der Waals surface area contributed by atoms with E-state index in [0.29, 0.717) is 57.8 Å². The van der Waals surface area contributed by atoms with Crippen molar-refractivity contribution in [2.24, 2.45) is 0 Å². The number of hydrogen-bond donors (Lipinski definition) is 3. The van der Waals surface area contributed by atoms with Crippen LogP contribution >= 0.6 is 11.6 Å². The molecule has 0 spiro atoms. The predicted molar refractivity (Wildman–Crippen MR) is 144 cm³/mol. The summed E-state index contributed by atoms with van der Waals surface area (Å²) in [5.41, 5.74) is 3.35. The van der Waals surface area contributed by atoms with E-state index in [-0.39, 0.29) is 6.61 Å². The van der Waals surface area contributed by atoms with Crippen molar-refractivity contribution in [2.45, 2.75) is 6.54 Å². The van der Waals surface area contributed by atoms with E-state index in [1.54, 1.807) is 18.3 Å². The van der Waals surface area contributed by atoms with E-state index in [0.717, 1.165) is 16.7 Å². The van der Waals surface area contributed by atoms with E-state index in [1.165, 1.54) is 0 Å². The van der Waals surface area contributed by atoms with Crippen molar-refractivity contribution in [2.75, 3.05) is 18.5 Å².